The number of hydrogen-bond donors (Lipinski definition) is 1. The zero-order chi connectivity index (χ0) is 15.5. The van der Waals surface area contributed by atoms with Crippen LogP contribution in [-0.4, -0.2) is 57.0 Å². The fourth-order valence-electron chi connectivity index (χ4n) is 1.87. The normalized spacial score (nSPS) is 11.1. The fraction of sp³-hybridized carbons (Fsp3) is 0.667. The van der Waals surface area contributed by atoms with E-state index in [0.717, 1.165) is 37.6 Å². The van der Waals surface area contributed by atoms with Gasteiger partial charge in [-0.2, -0.15) is 0 Å². The second-order valence-electron chi connectivity index (χ2n) is 4.81. The van der Waals surface area contributed by atoms with Crippen molar-refractivity contribution in [1.29, 1.82) is 0 Å². The highest BCUT2D eigenvalue weighted by molar-refractivity contribution is 6.31. The van der Waals surface area contributed by atoms with Crippen LogP contribution in [0.5, 0.6) is 0 Å². The number of nitrogens with zero attached hydrogens (tertiary/aromatic N) is 2. The molecule has 0 saturated heterocycles. The molecule has 1 rings (SSSR count). The molecule has 120 valence electrons. The van der Waals surface area contributed by atoms with Crippen molar-refractivity contribution in [2.24, 2.45) is 0 Å². The summed E-state index contributed by atoms with van der Waals surface area (Å²) in [5.41, 5.74) is 0.880. The third kappa shape index (κ3) is 7.09. The lowest BCUT2D eigenvalue weighted by molar-refractivity contribution is 0.109. The first-order valence-corrected chi connectivity index (χ1v) is 7.68. The Morgan fingerprint density at radius 3 is 2.43 bits per heavy atom. The number of aromatic nitrogens is 1. The Hall–Kier alpha value is -0.880. The van der Waals surface area contributed by atoms with Crippen LogP contribution in [0.25, 0.3) is 0 Å². The average Bonchev–Trinajstić information content (AvgIpc) is 2.50. The van der Waals surface area contributed by atoms with Gasteiger partial charge in [-0.1, -0.05) is 18.5 Å². The minimum atomic E-state index is 0.676. The summed E-state index contributed by atoms with van der Waals surface area (Å²) in [6, 6.07) is 3.81. The Balaban J connectivity index is 2.70. The minimum Gasteiger partial charge on any atom is -0.383 e. The number of methoxy groups -OCH3 is 2. The number of hydrogen-bond acceptors (Lipinski definition) is 5. The second kappa shape index (κ2) is 10.8. The maximum Gasteiger partial charge on any atom is 0.126 e. The molecule has 0 fully saturated rings. The molecule has 0 spiro atoms. The zero-order valence-corrected chi connectivity index (χ0v) is 13.9. The largest absolute Gasteiger partial charge is 0.383 e. The van der Waals surface area contributed by atoms with Crippen LogP contribution in [0, 0.1) is 0 Å². The lowest BCUT2D eigenvalue weighted by Gasteiger charge is -2.22. The van der Waals surface area contributed by atoms with Crippen molar-refractivity contribution in [2.75, 3.05) is 52.4 Å². The van der Waals surface area contributed by atoms with E-state index in [4.69, 9.17) is 21.1 Å². The molecule has 5 nitrogen and oxygen atoms in total. The number of ether oxygens (including phenoxy) is 2. The molecule has 21 heavy (non-hydrogen) atoms. The van der Waals surface area contributed by atoms with E-state index in [0.29, 0.717) is 24.8 Å². The molecule has 0 saturated carbocycles. The van der Waals surface area contributed by atoms with Gasteiger partial charge in [0.2, 0.25) is 0 Å². The van der Waals surface area contributed by atoms with Crippen molar-refractivity contribution in [2.45, 2.75) is 19.9 Å². The third-order valence-electron chi connectivity index (χ3n) is 3.07. The Kier molecular flexibility index (Phi) is 9.34. The summed E-state index contributed by atoms with van der Waals surface area (Å²) < 4.78 is 10.3. The summed E-state index contributed by atoms with van der Waals surface area (Å²) >= 11 is 6.26. The summed E-state index contributed by atoms with van der Waals surface area (Å²) in [7, 11) is 3.41. The molecule has 0 aliphatic heterocycles. The van der Waals surface area contributed by atoms with Crippen molar-refractivity contribution < 1.29 is 9.47 Å². The minimum absolute atomic E-state index is 0.676. The average molecular weight is 316 g/mol. The van der Waals surface area contributed by atoms with Gasteiger partial charge in [-0.25, -0.2) is 4.98 Å². The van der Waals surface area contributed by atoms with Crippen molar-refractivity contribution in [3.63, 3.8) is 0 Å². The maximum atomic E-state index is 6.26. The molecule has 1 aromatic heterocycles. The van der Waals surface area contributed by atoms with Gasteiger partial charge >= 0.3 is 0 Å². The van der Waals surface area contributed by atoms with Crippen LogP contribution < -0.4 is 5.32 Å². The highest BCUT2D eigenvalue weighted by Crippen LogP contribution is 2.18. The van der Waals surface area contributed by atoms with E-state index in [2.05, 4.69) is 22.1 Å². The SMILES string of the molecule is CCCNc1ccc(Cl)c(CN(CCOC)CCOC)n1. The molecule has 0 bridgehead atoms. The van der Waals surface area contributed by atoms with Crippen molar-refractivity contribution >= 4 is 17.4 Å². The molecule has 0 aromatic carbocycles. The van der Waals surface area contributed by atoms with Crippen LogP contribution in [-0.2, 0) is 16.0 Å². The molecule has 6 heteroatoms. The maximum absolute atomic E-state index is 6.26. The van der Waals surface area contributed by atoms with Gasteiger partial charge in [0.05, 0.1) is 23.9 Å². The van der Waals surface area contributed by atoms with Crippen molar-refractivity contribution in [3.8, 4) is 0 Å². The molecule has 1 N–H and O–H groups in total. The van der Waals surface area contributed by atoms with Crippen LogP contribution in [0.2, 0.25) is 5.02 Å². The molecule has 0 aliphatic carbocycles. The summed E-state index contributed by atoms with van der Waals surface area (Å²) in [6.07, 6.45) is 1.06. The fourth-order valence-corrected chi connectivity index (χ4v) is 2.03. The molecule has 1 aromatic rings. The van der Waals surface area contributed by atoms with Crippen LogP contribution in [0.1, 0.15) is 19.0 Å². The van der Waals surface area contributed by atoms with E-state index in [1.165, 1.54) is 0 Å². The van der Waals surface area contributed by atoms with Crippen molar-refractivity contribution in [3.05, 3.63) is 22.8 Å². The number of halogens is 1. The zero-order valence-electron chi connectivity index (χ0n) is 13.2. The van der Waals surface area contributed by atoms with E-state index >= 15 is 0 Å². The molecule has 0 aliphatic rings. The van der Waals surface area contributed by atoms with Crippen LogP contribution in [0.3, 0.4) is 0 Å². The number of nitrogens with one attached hydrogen (secondary N) is 1. The van der Waals surface area contributed by atoms with Gasteiger partial charge in [0, 0.05) is 40.4 Å². The number of anilines is 1. The Labute approximate surface area is 132 Å². The molecule has 0 radical (unpaired) electrons. The van der Waals surface area contributed by atoms with Gasteiger partial charge in [0.15, 0.2) is 0 Å². The Morgan fingerprint density at radius 1 is 1.19 bits per heavy atom. The highest BCUT2D eigenvalue weighted by atomic mass is 35.5. The first-order valence-electron chi connectivity index (χ1n) is 7.30. The van der Waals surface area contributed by atoms with Crippen molar-refractivity contribution in [1.82, 2.24) is 9.88 Å². The number of rotatable bonds is 11. The molecule has 0 unspecified atom stereocenters. The number of pyridine rings is 1. The van der Waals surface area contributed by atoms with Crippen LogP contribution in [0.15, 0.2) is 12.1 Å². The monoisotopic (exact) mass is 315 g/mol. The summed E-state index contributed by atoms with van der Waals surface area (Å²) in [5.74, 6) is 0.870. The molecule has 1 heterocycles. The third-order valence-corrected chi connectivity index (χ3v) is 3.42. The molecule has 0 amide bonds. The second-order valence-corrected chi connectivity index (χ2v) is 5.22. The van der Waals surface area contributed by atoms with E-state index in [9.17, 15) is 0 Å². The van der Waals surface area contributed by atoms with E-state index < -0.39 is 0 Å². The quantitative estimate of drug-likeness (QED) is 0.680. The summed E-state index contributed by atoms with van der Waals surface area (Å²) in [6.45, 7) is 6.72. The van der Waals surface area contributed by atoms with Gasteiger partial charge in [-0.3, -0.25) is 4.90 Å². The first kappa shape index (κ1) is 18.2. The van der Waals surface area contributed by atoms with Gasteiger partial charge in [0.1, 0.15) is 5.82 Å². The molecular weight excluding hydrogens is 290 g/mol. The van der Waals surface area contributed by atoms with Gasteiger partial charge < -0.3 is 14.8 Å². The predicted octanol–water partition coefficient (Wildman–Crippen LogP) is 2.65. The summed E-state index contributed by atoms with van der Waals surface area (Å²) in [5, 5.41) is 3.98. The summed E-state index contributed by atoms with van der Waals surface area (Å²) in [4.78, 5) is 6.83. The predicted molar refractivity (Wildman–Crippen MR) is 87.1 cm³/mol. The van der Waals surface area contributed by atoms with E-state index in [-0.39, 0.29) is 0 Å². The highest BCUT2D eigenvalue weighted by Gasteiger charge is 2.10. The van der Waals surface area contributed by atoms with Gasteiger partial charge in [-0.15, -0.1) is 0 Å². The van der Waals surface area contributed by atoms with Crippen LogP contribution >= 0.6 is 11.6 Å². The standard InChI is InChI=1S/C15H26ClN3O2/c1-4-7-17-15-6-5-13(16)14(18-15)12-19(8-10-20-2)9-11-21-3/h5-6H,4,7-12H2,1-3H3,(H,17,18). The lowest BCUT2D eigenvalue weighted by atomic mass is 10.3. The Bertz CT molecular complexity index is 397. The van der Waals surface area contributed by atoms with Gasteiger partial charge in [-0.05, 0) is 18.6 Å². The molecular formula is C15H26ClN3O2. The lowest BCUT2D eigenvalue weighted by Crippen LogP contribution is -2.30. The molecule has 0 atom stereocenters. The smallest absolute Gasteiger partial charge is 0.126 e. The first-order chi connectivity index (χ1) is 10.2. The van der Waals surface area contributed by atoms with Crippen LogP contribution in [0.4, 0.5) is 5.82 Å². The van der Waals surface area contributed by atoms with Gasteiger partial charge in [0.25, 0.3) is 0 Å². The Morgan fingerprint density at radius 2 is 1.86 bits per heavy atom. The topological polar surface area (TPSA) is 46.6 Å². The van der Waals surface area contributed by atoms with E-state index in [1.54, 1.807) is 14.2 Å². The van der Waals surface area contributed by atoms with E-state index in [1.807, 2.05) is 12.1 Å².